The van der Waals surface area contributed by atoms with Crippen LogP contribution in [-0.2, 0) is 21.2 Å². The number of rotatable bonds is 10. The number of amides is 1. The molecule has 0 saturated carbocycles. The molecule has 0 heterocycles. The Labute approximate surface area is 182 Å². The molecule has 0 atom stereocenters. The van der Waals surface area contributed by atoms with Crippen LogP contribution in [0.1, 0.15) is 5.56 Å². The second kappa shape index (κ2) is 10.5. The Morgan fingerprint density at radius 1 is 0.903 bits per heavy atom. The van der Waals surface area contributed by atoms with Gasteiger partial charge in [-0.1, -0.05) is 36.4 Å². The van der Waals surface area contributed by atoms with Gasteiger partial charge in [0.15, 0.2) is 6.61 Å². The molecule has 3 rings (SSSR count). The second-order valence-corrected chi connectivity index (χ2v) is 8.37. The summed E-state index contributed by atoms with van der Waals surface area (Å²) in [6.45, 7) is 0.363. The molecule has 162 valence electrons. The Morgan fingerprint density at radius 2 is 1.65 bits per heavy atom. The molecule has 7 nitrogen and oxygen atoms in total. The lowest BCUT2D eigenvalue weighted by molar-refractivity contribution is -0.123. The van der Waals surface area contributed by atoms with E-state index in [9.17, 15) is 13.2 Å². The summed E-state index contributed by atoms with van der Waals surface area (Å²) in [6, 6.07) is 22.4. The number of anilines is 1. The average molecular weight is 441 g/mol. The van der Waals surface area contributed by atoms with E-state index in [1.165, 1.54) is 31.4 Å². The lowest BCUT2D eigenvalue weighted by Gasteiger charge is -2.11. The Bertz CT molecular complexity index is 1100. The van der Waals surface area contributed by atoms with Crippen molar-refractivity contribution in [3.63, 3.8) is 0 Å². The van der Waals surface area contributed by atoms with Crippen LogP contribution in [0.25, 0.3) is 0 Å². The van der Waals surface area contributed by atoms with E-state index in [2.05, 4.69) is 10.0 Å². The lowest BCUT2D eigenvalue weighted by atomic mass is 10.1. The summed E-state index contributed by atoms with van der Waals surface area (Å²) in [5, 5.41) is 2.79. The van der Waals surface area contributed by atoms with Gasteiger partial charge in [-0.3, -0.25) is 9.52 Å². The van der Waals surface area contributed by atoms with Crippen molar-refractivity contribution in [3.05, 3.63) is 84.4 Å². The van der Waals surface area contributed by atoms with E-state index in [0.717, 1.165) is 12.0 Å². The fourth-order valence-electron chi connectivity index (χ4n) is 2.81. The third-order valence-electron chi connectivity index (χ3n) is 4.40. The Hall–Kier alpha value is -3.52. The van der Waals surface area contributed by atoms with Gasteiger partial charge in [-0.2, -0.15) is 0 Å². The monoisotopic (exact) mass is 440 g/mol. The highest BCUT2D eigenvalue weighted by molar-refractivity contribution is 7.92. The highest BCUT2D eigenvalue weighted by Gasteiger charge is 2.15. The summed E-state index contributed by atoms with van der Waals surface area (Å²) in [5.41, 5.74) is 1.54. The maximum absolute atomic E-state index is 12.6. The van der Waals surface area contributed by atoms with Gasteiger partial charge in [0.25, 0.3) is 15.9 Å². The molecule has 0 saturated heterocycles. The largest absolute Gasteiger partial charge is 0.497 e. The number of hydrogen-bond donors (Lipinski definition) is 2. The zero-order chi connectivity index (χ0) is 22.1. The third-order valence-corrected chi connectivity index (χ3v) is 5.80. The van der Waals surface area contributed by atoms with E-state index in [-0.39, 0.29) is 17.4 Å². The summed E-state index contributed by atoms with van der Waals surface area (Å²) >= 11 is 0. The number of carbonyl (C=O) groups excluding carboxylic acids is 1. The van der Waals surface area contributed by atoms with Gasteiger partial charge < -0.3 is 14.8 Å². The molecule has 2 N–H and O–H groups in total. The van der Waals surface area contributed by atoms with Crippen LogP contribution in [0.15, 0.2) is 83.8 Å². The molecular weight excluding hydrogens is 416 g/mol. The fraction of sp³-hybridized carbons (Fsp3) is 0.174. The predicted molar refractivity (Wildman–Crippen MR) is 119 cm³/mol. The molecule has 31 heavy (non-hydrogen) atoms. The maximum Gasteiger partial charge on any atom is 0.261 e. The van der Waals surface area contributed by atoms with E-state index in [1.807, 2.05) is 30.3 Å². The molecule has 0 radical (unpaired) electrons. The fourth-order valence-corrected chi connectivity index (χ4v) is 3.86. The van der Waals surface area contributed by atoms with Crippen molar-refractivity contribution in [2.24, 2.45) is 0 Å². The maximum atomic E-state index is 12.6. The highest BCUT2D eigenvalue weighted by atomic mass is 32.2. The predicted octanol–water partition coefficient (Wildman–Crippen LogP) is 3.23. The first-order valence-corrected chi connectivity index (χ1v) is 11.1. The van der Waals surface area contributed by atoms with E-state index in [4.69, 9.17) is 9.47 Å². The molecule has 8 heteroatoms. The van der Waals surface area contributed by atoms with Gasteiger partial charge in [-0.05, 0) is 48.4 Å². The minimum Gasteiger partial charge on any atom is -0.497 e. The molecule has 3 aromatic carbocycles. The Morgan fingerprint density at radius 3 is 2.35 bits per heavy atom. The quantitative estimate of drug-likeness (QED) is 0.505. The standard InChI is InChI=1S/C23H24N2O5S/c1-29-21-9-5-8-19(16-21)25-31(27,28)22-12-10-20(11-13-22)30-17-23(26)24-15-14-18-6-3-2-4-7-18/h2-13,16,25H,14-15,17H2,1H3,(H,24,26). The molecular formula is C23H24N2O5S. The molecule has 0 aliphatic rings. The van der Waals surface area contributed by atoms with Crippen LogP contribution < -0.4 is 19.5 Å². The van der Waals surface area contributed by atoms with Crippen molar-refractivity contribution >= 4 is 21.6 Å². The number of methoxy groups -OCH3 is 1. The number of benzene rings is 3. The highest BCUT2D eigenvalue weighted by Crippen LogP contribution is 2.22. The molecule has 0 aliphatic carbocycles. The van der Waals surface area contributed by atoms with Crippen molar-refractivity contribution in [1.29, 1.82) is 0 Å². The first-order valence-electron chi connectivity index (χ1n) is 9.66. The zero-order valence-electron chi connectivity index (χ0n) is 17.1. The van der Waals surface area contributed by atoms with E-state index < -0.39 is 10.0 Å². The number of ether oxygens (including phenoxy) is 2. The minimum atomic E-state index is -3.77. The molecule has 3 aromatic rings. The molecule has 0 spiro atoms. The molecule has 0 aromatic heterocycles. The topological polar surface area (TPSA) is 93.7 Å². The summed E-state index contributed by atoms with van der Waals surface area (Å²) < 4.78 is 38.2. The van der Waals surface area contributed by atoms with Crippen molar-refractivity contribution in [1.82, 2.24) is 5.32 Å². The van der Waals surface area contributed by atoms with Gasteiger partial charge in [0, 0.05) is 12.6 Å². The van der Waals surface area contributed by atoms with E-state index in [1.54, 1.807) is 24.3 Å². The Balaban J connectivity index is 1.49. The van der Waals surface area contributed by atoms with Crippen LogP contribution in [0.4, 0.5) is 5.69 Å². The normalized spacial score (nSPS) is 10.9. The van der Waals surface area contributed by atoms with Crippen molar-refractivity contribution in [3.8, 4) is 11.5 Å². The summed E-state index contributed by atoms with van der Waals surface area (Å²) in [4.78, 5) is 12.0. The number of sulfonamides is 1. The number of nitrogens with one attached hydrogen (secondary N) is 2. The van der Waals surface area contributed by atoms with Crippen LogP contribution in [0.5, 0.6) is 11.5 Å². The van der Waals surface area contributed by atoms with Crippen molar-refractivity contribution in [2.75, 3.05) is 25.0 Å². The Kier molecular flexibility index (Phi) is 7.50. The molecule has 0 aliphatic heterocycles. The van der Waals surface area contributed by atoms with Gasteiger partial charge in [-0.15, -0.1) is 0 Å². The van der Waals surface area contributed by atoms with Crippen LogP contribution >= 0.6 is 0 Å². The summed E-state index contributed by atoms with van der Waals surface area (Å²) in [5.74, 6) is 0.705. The van der Waals surface area contributed by atoms with Crippen molar-refractivity contribution < 1.29 is 22.7 Å². The third kappa shape index (κ3) is 6.75. The summed E-state index contributed by atoms with van der Waals surface area (Å²) in [7, 11) is -2.26. The number of carbonyl (C=O) groups is 1. The number of hydrogen-bond acceptors (Lipinski definition) is 5. The van der Waals surface area contributed by atoms with E-state index in [0.29, 0.717) is 23.7 Å². The average Bonchev–Trinajstić information content (AvgIpc) is 2.78. The van der Waals surface area contributed by atoms with Gasteiger partial charge in [0.2, 0.25) is 0 Å². The lowest BCUT2D eigenvalue weighted by Crippen LogP contribution is -2.30. The van der Waals surface area contributed by atoms with Crippen LogP contribution in [0, 0.1) is 0 Å². The van der Waals surface area contributed by atoms with Gasteiger partial charge in [-0.25, -0.2) is 8.42 Å². The van der Waals surface area contributed by atoms with Crippen molar-refractivity contribution in [2.45, 2.75) is 11.3 Å². The smallest absolute Gasteiger partial charge is 0.261 e. The molecule has 0 unspecified atom stereocenters. The first-order chi connectivity index (χ1) is 15.0. The molecule has 0 bridgehead atoms. The first kappa shape index (κ1) is 22.2. The summed E-state index contributed by atoms with van der Waals surface area (Å²) in [6.07, 6.45) is 0.736. The molecule has 0 fully saturated rings. The zero-order valence-corrected chi connectivity index (χ0v) is 17.9. The SMILES string of the molecule is COc1cccc(NS(=O)(=O)c2ccc(OCC(=O)NCCc3ccccc3)cc2)c1. The second-order valence-electron chi connectivity index (χ2n) is 6.68. The molecule has 1 amide bonds. The van der Waals surface area contributed by atoms with Crippen LogP contribution in [0.2, 0.25) is 0 Å². The van der Waals surface area contributed by atoms with Gasteiger partial charge in [0.05, 0.1) is 17.7 Å². The van der Waals surface area contributed by atoms with Crippen LogP contribution in [-0.4, -0.2) is 34.6 Å². The minimum absolute atomic E-state index is 0.0787. The van der Waals surface area contributed by atoms with Crippen LogP contribution in [0.3, 0.4) is 0 Å². The van der Waals surface area contributed by atoms with Gasteiger partial charge in [0.1, 0.15) is 11.5 Å². The van der Waals surface area contributed by atoms with Gasteiger partial charge >= 0.3 is 0 Å². The van der Waals surface area contributed by atoms with E-state index >= 15 is 0 Å².